The van der Waals surface area contributed by atoms with Gasteiger partial charge in [0.25, 0.3) is 5.91 Å². The van der Waals surface area contributed by atoms with E-state index in [2.05, 4.69) is 5.32 Å². The fraction of sp³-hybridized carbons (Fsp3) is 0.222. The summed E-state index contributed by atoms with van der Waals surface area (Å²) in [5.74, 6) is -0.368. The maximum atomic E-state index is 12.2. The van der Waals surface area contributed by atoms with Crippen molar-refractivity contribution >= 4 is 17.5 Å². The molecule has 0 radical (unpaired) electrons. The number of para-hydroxylation sites is 1. The first-order chi connectivity index (χ1) is 10.6. The fourth-order valence-electron chi connectivity index (χ4n) is 2.23. The van der Waals surface area contributed by atoms with Crippen LogP contribution in [0.1, 0.15) is 22.8 Å². The van der Waals surface area contributed by atoms with Gasteiger partial charge < -0.3 is 10.2 Å². The molecule has 0 aliphatic carbocycles. The van der Waals surface area contributed by atoms with E-state index >= 15 is 0 Å². The van der Waals surface area contributed by atoms with Crippen molar-refractivity contribution in [3.8, 4) is 0 Å². The molecule has 0 spiro atoms. The van der Waals surface area contributed by atoms with Gasteiger partial charge in [-0.1, -0.05) is 43.3 Å². The molecule has 1 N–H and O–H groups in total. The number of carbonyl (C=O) groups excluding carboxylic acids is 2. The quantitative estimate of drug-likeness (QED) is 0.922. The number of likely N-dealkylation sites (N-methyl/N-ethyl adjacent to an activating group) is 1. The number of nitrogens with one attached hydrogen (secondary N) is 1. The third kappa shape index (κ3) is 3.95. The molecule has 0 bridgehead atoms. The van der Waals surface area contributed by atoms with E-state index < -0.39 is 0 Å². The summed E-state index contributed by atoms with van der Waals surface area (Å²) in [5.41, 5.74) is 2.45. The Morgan fingerprint density at radius 1 is 1.00 bits per heavy atom. The first kappa shape index (κ1) is 15.8. The van der Waals surface area contributed by atoms with Gasteiger partial charge in [0.2, 0.25) is 5.91 Å². The number of rotatable bonds is 5. The summed E-state index contributed by atoms with van der Waals surface area (Å²) in [6, 6.07) is 16.6. The van der Waals surface area contributed by atoms with Crippen LogP contribution in [-0.2, 0) is 11.2 Å². The normalized spacial score (nSPS) is 10.1. The summed E-state index contributed by atoms with van der Waals surface area (Å²) in [4.78, 5) is 25.7. The number of aryl methyl sites for hydroxylation is 1. The molecule has 22 heavy (non-hydrogen) atoms. The molecular formula is C18H20N2O2. The topological polar surface area (TPSA) is 49.4 Å². The molecule has 0 saturated carbocycles. The zero-order valence-corrected chi connectivity index (χ0v) is 12.9. The van der Waals surface area contributed by atoms with E-state index in [1.165, 1.54) is 4.90 Å². The molecule has 2 aromatic rings. The van der Waals surface area contributed by atoms with Crippen molar-refractivity contribution in [2.45, 2.75) is 13.3 Å². The van der Waals surface area contributed by atoms with Gasteiger partial charge in [0.1, 0.15) is 0 Å². The Bertz CT molecular complexity index is 653. The molecule has 0 atom stereocenters. The van der Waals surface area contributed by atoms with Gasteiger partial charge in [0.15, 0.2) is 0 Å². The monoisotopic (exact) mass is 296 g/mol. The molecule has 2 amide bonds. The maximum Gasteiger partial charge on any atom is 0.254 e. The van der Waals surface area contributed by atoms with Crippen molar-refractivity contribution in [2.75, 3.05) is 18.9 Å². The molecule has 114 valence electrons. The molecule has 4 nitrogen and oxygen atoms in total. The van der Waals surface area contributed by atoms with Crippen molar-refractivity contribution in [3.63, 3.8) is 0 Å². The number of carbonyl (C=O) groups is 2. The Morgan fingerprint density at radius 2 is 1.64 bits per heavy atom. The van der Waals surface area contributed by atoms with Crippen molar-refractivity contribution in [1.82, 2.24) is 4.90 Å². The number of nitrogens with zero attached hydrogens (tertiary/aromatic N) is 1. The van der Waals surface area contributed by atoms with Crippen LogP contribution in [0.15, 0.2) is 54.6 Å². The molecule has 0 aliphatic heterocycles. The van der Waals surface area contributed by atoms with E-state index in [9.17, 15) is 9.59 Å². The van der Waals surface area contributed by atoms with Crippen LogP contribution in [-0.4, -0.2) is 30.3 Å². The van der Waals surface area contributed by atoms with E-state index in [1.54, 1.807) is 31.3 Å². The largest absolute Gasteiger partial charge is 0.332 e. The van der Waals surface area contributed by atoms with Crippen LogP contribution < -0.4 is 5.32 Å². The number of hydrogen-bond donors (Lipinski definition) is 1. The van der Waals surface area contributed by atoms with Gasteiger partial charge in [0.05, 0.1) is 6.54 Å². The lowest BCUT2D eigenvalue weighted by Crippen LogP contribution is -2.35. The minimum absolute atomic E-state index is 0.0196. The molecular weight excluding hydrogens is 276 g/mol. The Balaban J connectivity index is 1.98. The summed E-state index contributed by atoms with van der Waals surface area (Å²) in [6.45, 7) is 2.06. The van der Waals surface area contributed by atoms with E-state index in [1.807, 2.05) is 37.3 Å². The number of amides is 2. The van der Waals surface area contributed by atoms with Crippen molar-refractivity contribution in [1.29, 1.82) is 0 Å². The van der Waals surface area contributed by atoms with Crippen LogP contribution >= 0.6 is 0 Å². The second-order valence-electron chi connectivity index (χ2n) is 5.09. The summed E-state index contributed by atoms with van der Waals surface area (Å²) in [5, 5.41) is 2.87. The van der Waals surface area contributed by atoms with E-state index in [4.69, 9.17) is 0 Å². The van der Waals surface area contributed by atoms with Crippen LogP contribution in [0.25, 0.3) is 0 Å². The Hall–Kier alpha value is -2.62. The van der Waals surface area contributed by atoms with Gasteiger partial charge in [0, 0.05) is 18.3 Å². The molecule has 2 aromatic carbocycles. The van der Waals surface area contributed by atoms with Crippen molar-refractivity contribution < 1.29 is 9.59 Å². The zero-order chi connectivity index (χ0) is 15.9. The molecule has 0 aromatic heterocycles. The van der Waals surface area contributed by atoms with Crippen molar-refractivity contribution in [2.24, 2.45) is 0 Å². The fourth-order valence-corrected chi connectivity index (χ4v) is 2.23. The Morgan fingerprint density at radius 3 is 2.32 bits per heavy atom. The minimum Gasteiger partial charge on any atom is -0.332 e. The first-order valence-electron chi connectivity index (χ1n) is 7.30. The third-order valence-electron chi connectivity index (χ3n) is 3.42. The van der Waals surface area contributed by atoms with Crippen LogP contribution in [0, 0.1) is 0 Å². The highest BCUT2D eigenvalue weighted by molar-refractivity contribution is 5.99. The average molecular weight is 296 g/mol. The predicted octanol–water partition coefficient (Wildman–Crippen LogP) is 2.96. The molecule has 0 heterocycles. The molecule has 0 unspecified atom stereocenters. The smallest absolute Gasteiger partial charge is 0.254 e. The molecule has 4 heteroatoms. The molecule has 0 fully saturated rings. The van der Waals surface area contributed by atoms with Crippen LogP contribution in [0.4, 0.5) is 5.69 Å². The second-order valence-corrected chi connectivity index (χ2v) is 5.09. The van der Waals surface area contributed by atoms with Gasteiger partial charge >= 0.3 is 0 Å². The third-order valence-corrected chi connectivity index (χ3v) is 3.42. The first-order valence-corrected chi connectivity index (χ1v) is 7.30. The zero-order valence-electron chi connectivity index (χ0n) is 12.9. The van der Waals surface area contributed by atoms with Crippen LogP contribution in [0.5, 0.6) is 0 Å². The highest BCUT2D eigenvalue weighted by Gasteiger charge is 2.15. The SMILES string of the molecule is CCc1ccccc1NC(=O)CN(C)C(=O)c1ccccc1. The van der Waals surface area contributed by atoms with Gasteiger partial charge in [-0.2, -0.15) is 0 Å². The van der Waals surface area contributed by atoms with Gasteiger partial charge in [-0.3, -0.25) is 9.59 Å². The van der Waals surface area contributed by atoms with E-state index in [0.29, 0.717) is 5.56 Å². The number of benzene rings is 2. The summed E-state index contributed by atoms with van der Waals surface area (Å²) >= 11 is 0. The average Bonchev–Trinajstić information content (AvgIpc) is 2.55. The number of anilines is 1. The standard InChI is InChI=1S/C18H20N2O2/c1-3-14-9-7-8-12-16(14)19-17(21)13-20(2)18(22)15-10-5-4-6-11-15/h4-12H,3,13H2,1-2H3,(H,19,21). The van der Waals surface area contributed by atoms with Gasteiger partial charge in [-0.25, -0.2) is 0 Å². The minimum atomic E-state index is -0.201. The summed E-state index contributed by atoms with van der Waals surface area (Å²) < 4.78 is 0. The Labute approximate surface area is 130 Å². The van der Waals surface area contributed by atoms with Crippen LogP contribution in [0.2, 0.25) is 0 Å². The van der Waals surface area contributed by atoms with E-state index in [0.717, 1.165) is 17.7 Å². The molecule has 0 aliphatic rings. The lowest BCUT2D eigenvalue weighted by atomic mass is 10.1. The predicted molar refractivity (Wildman–Crippen MR) is 87.9 cm³/mol. The molecule has 2 rings (SSSR count). The van der Waals surface area contributed by atoms with Crippen molar-refractivity contribution in [3.05, 3.63) is 65.7 Å². The van der Waals surface area contributed by atoms with Gasteiger partial charge in [-0.15, -0.1) is 0 Å². The van der Waals surface area contributed by atoms with E-state index in [-0.39, 0.29) is 18.4 Å². The highest BCUT2D eigenvalue weighted by Crippen LogP contribution is 2.15. The maximum absolute atomic E-state index is 12.2. The number of hydrogen-bond acceptors (Lipinski definition) is 2. The summed E-state index contributed by atoms with van der Waals surface area (Å²) in [6.07, 6.45) is 0.842. The second kappa shape index (κ2) is 7.41. The Kier molecular flexibility index (Phi) is 5.31. The van der Waals surface area contributed by atoms with Gasteiger partial charge in [-0.05, 0) is 30.2 Å². The lowest BCUT2D eigenvalue weighted by molar-refractivity contribution is -0.116. The summed E-state index contributed by atoms with van der Waals surface area (Å²) in [7, 11) is 1.63. The highest BCUT2D eigenvalue weighted by atomic mass is 16.2. The lowest BCUT2D eigenvalue weighted by Gasteiger charge is -2.17. The van der Waals surface area contributed by atoms with Crippen LogP contribution in [0.3, 0.4) is 0 Å². The molecule has 0 saturated heterocycles.